The number of carbonyl (C=O) groups is 1. The van der Waals surface area contributed by atoms with Gasteiger partial charge in [0.2, 0.25) is 11.9 Å². The molecule has 8 heteroatoms. The van der Waals surface area contributed by atoms with Gasteiger partial charge >= 0.3 is 5.97 Å². The highest BCUT2D eigenvalue weighted by Crippen LogP contribution is 2.13. The third kappa shape index (κ3) is 4.86. The minimum Gasteiger partial charge on any atom is -0.454 e. The lowest BCUT2D eigenvalue weighted by Crippen LogP contribution is -2.11. The molecule has 2 aromatic carbocycles. The van der Waals surface area contributed by atoms with Gasteiger partial charge in [-0.25, -0.2) is 4.79 Å². The normalized spacial score (nSPS) is 10.3. The first-order valence-corrected chi connectivity index (χ1v) is 8.43. The van der Waals surface area contributed by atoms with Crippen LogP contribution in [0.2, 0.25) is 0 Å². The van der Waals surface area contributed by atoms with Gasteiger partial charge in [-0.2, -0.15) is 15.0 Å². The van der Waals surface area contributed by atoms with Gasteiger partial charge in [-0.1, -0.05) is 18.2 Å². The molecule has 7 nitrogen and oxygen atoms in total. The summed E-state index contributed by atoms with van der Waals surface area (Å²) in [6.07, 6.45) is 0. The van der Waals surface area contributed by atoms with Crippen LogP contribution < -0.4 is 11.1 Å². The molecule has 0 atom stereocenters. The third-order valence-corrected chi connectivity index (χ3v) is 3.86. The average Bonchev–Trinajstić information content (AvgIpc) is 2.61. The Morgan fingerprint density at radius 2 is 1.76 bits per heavy atom. The van der Waals surface area contributed by atoms with Crippen molar-refractivity contribution in [1.82, 2.24) is 15.0 Å². The van der Waals surface area contributed by atoms with Gasteiger partial charge < -0.3 is 15.8 Å². The van der Waals surface area contributed by atoms with E-state index in [1.165, 1.54) is 0 Å². The number of carbonyl (C=O) groups excluding carboxylic acids is 1. The fourth-order valence-corrected chi connectivity index (χ4v) is 2.37. The molecule has 1 aromatic heterocycles. The largest absolute Gasteiger partial charge is 0.454 e. The molecule has 0 saturated carbocycles. The molecule has 0 unspecified atom stereocenters. The topological polar surface area (TPSA) is 103 Å². The maximum Gasteiger partial charge on any atom is 0.338 e. The second-order valence-corrected chi connectivity index (χ2v) is 6.25. The van der Waals surface area contributed by atoms with Crippen LogP contribution in [0.4, 0.5) is 17.6 Å². The van der Waals surface area contributed by atoms with E-state index in [1.54, 1.807) is 12.1 Å². The summed E-state index contributed by atoms with van der Waals surface area (Å²) in [5.41, 5.74) is 6.98. The number of hydrogen-bond donors (Lipinski definition) is 2. The number of aromatic nitrogens is 3. The number of nitrogens with two attached hydrogens (primary N) is 1. The first-order valence-electron chi connectivity index (χ1n) is 7.35. The Labute approximate surface area is 157 Å². The molecule has 0 amide bonds. The molecule has 0 aliphatic rings. The van der Waals surface area contributed by atoms with E-state index >= 15 is 0 Å². The molecule has 0 fully saturated rings. The zero-order valence-electron chi connectivity index (χ0n) is 13.0. The number of nitrogens with zero attached hydrogens (tertiary/aromatic N) is 3. The number of benzene rings is 2. The lowest BCUT2D eigenvalue weighted by atomic mass is 10.2. The van der Waals surface area contributed by atoms with Crippen LogP contribution in [0.1, 0.15) is 16.2 Å². The Balaban J connectivity index is 1.68. The quantitative estimate of drug-likeness (QED) is 0.458. The second kappa shape index (κ2) is 7.88. The van der Waals surface area contributed by atoms with Gasteiger partial charge in [0.15, 0.2) is 12.4 Å². The molecule has 0 radical (unpaired) electrons. The van der Waals surface area contributed by atoms with Crippen LogP contribution in [0, 0.1) is 3.57 Å². The van der Waals surface area contributed by atoms with Crippen LogP contribution in [0.3, 0.4) is 0 Å². The molecule has 0 aliphatic carbocycles. The van der Waals surface area contributed by atoms with Gasteiger partial charge in [0.25, 0.3) is 0 Å². The van der Waals surface area contributed by atoms with E-state index in [0.29, 0.717) is 11.5 Å². The Kier molecular flexibility index (Phi) is 5.39. The number of rotatable bonds is 5. The number of hydrogen-bond acceptors (Lipinski definition) is 7. The van der Waals surface area contributed by atoms with Crippen molar-refractivity contribution in [2.24, 2.45) is 0 Å². The second-order valence-electron chi connectivity index (χ2n) is 5.01. The summed E-state index contributed by atoms with van der Waals surface area (Å²) >= 11 is 2.17. The van der Waals surface area contributed by atoms with Crippen molar-refractivity contribution in [3.8, 4) is 0 Å². The monoisotopic (exact) mass is 447 g/mol. The van der Waals surface area contributed by atoms with Gasteiger partial charge in [-0.3, -0.25) is 0 Å². The summed E-state index contributed by atoms with van der Waals surface area (Å²) in [5.74, 6) is 0.158. The molecule has 126 valence electrons. The molecule has 3 N–H and O–H groups in total. The Morgan fingerprint density at radius 3 is 2.48 bits per heavy atom. The van der Waals surface area contributed by atoms with E-state index in [9.17, 15) is 4.79 Å². The molecule has 25 heavy (non-hydrogen) atoms. The van der Waals surface area contributed by atoms with Gasteiger partial charge in [-0.05, 0) is 59.0 Å². The summed E-state index contributed by atoms with van der Waals surface area (Å²) in [4.78, 5) is 24.3. The minimum atomic E-state index is -0.451. The van der Waals surface area contributed by atoms with E-state index in [4.69, 9.17) is 10.5 Å². The van der Waals surface area contributed by atoms with E-state index < -0.39 is 5.97 Å². The standard InChI is InChI=1S/C17H14IN5O2/c18-12-8-6-11(7-9-12)15(24)25-10-14-21-16(19)23-17(22-14)20-13-4-2-1-3-5-13/h1-9H,10H2,(H3,19,20,21,22,23). The summed E-state index contributed by atoms with van der Waals surface area (Å²) < 4.78 is 6.27. The summed E-state index contributed by atoms with van der Waals surface area (Å²) in [5, 5.41) is 3.03. The highest BCUT2D eigenvalue weighted by Gasteiger charge is 2.10. The number of esters is 1. The SMILES string of the molecule is Nc1nc(COC(=O)c2ccc(I)cc2)nc(Nc2ccccc2)n1. The Hall–Kier alpha value is -2.75. The van der Waals surface area contributed by atoms with Crippen LogP contribution in [0.25, 0.3) is 0 Å². The zero-order valence-corrected chi connectivity index (χ0v) is 15.2. The Morgan fingerprint density at radius 1 is 1.04 bits per heavy atom. The van der Waals surface area contributed by atoms with E-state index in [1.807, 2.05) is 42.5 Å². The van der Waals surface area contributed by atoms with Crippen LogP contribution >= 0.6 is 22.6 Å². The number of ether oxygens (including phenoxy) is 1. The summed E-state index contributed by atoms with van der Waals surface area (Å²) in [7, 11) is 0. The van der Waals surface area contributed by atoms with Gasteiger partial charge in [0.05, 0.1) is 5.56 Å². The zero-order chi connectivity index (χ0) is 17.6. The maximum absolute atomic E-state index is 12.0. The average molecular weight is 447 g/mol. The van der Waals surface area contributed by atoms with E-state index in [2.05, 4.69) is 42.9 Å². The van der Waals surface area contributed by atoms with Crippen molar-refractivity contribution in [1.29, 1.82) is 0 Å². The maximum atomic E-state index is 12.0. The van der Waals surface area contributed by atoms with Crippen molar-refractivity contribution in [2.45, 2.75) is 6.61 Å². The van der Waals surface area contributed by atoms with Crippen molar-refractivity contribution < 1.29 is 9.53 Å². The smallest absolute Gasteiger partial charge is 0.338 e. The van der Waals surface area contributed by atoms with Crippen molar-refractivity contribution in [2.75, 3.05) is 11.1 Å². The van der Waals surface area contributed by atoms with Crippen LogP contribution in [-0.2, 0) is 11.3 Å². The molecule has 3 rings (SSSR count). The molecule has 1 heterocycles. The summed E-state index contributed by atoms with van der Waals surface area (Å²) in [6.45, 7) is -0.0962. The predicted molar refractivity (Wildman–Crippen MR) is 102 cm³/mol. The molecular weight excluding hydrogens is 433 g/mol. The fourth-order valence-electron chi connectivity index (χ4n) is 2.01. The Bertz CT molecular complexity index is 872. The highest BCUT2D eigenvalue weighted by molar-refractivity contribution is 14.1. The third-order valence-electron chi connectivity index (χ3n) is 3.14. The lowest BCUT2D eigenvalue weighted by molar-refractivity contribution is 0.0462. The van der Waals surface area contributed by atoms with Crippen molar-refractivity contribution >= 4 is 46.1 Å². The molecular formula is C17H14IN5O2. The van der Waals surface area contributed by atoms with Gasteiger partial charge in [-0.15, -0.1) is 0 Å². The number of anilines is 3. The molecule has 0 saturated heterocycles. The van der Waals surface area contributed by atoms with Crippen LogP contribution in [0.15, 0.2) is 54.6 Å². The lowest BCUT2D eigenvalue weighted by Gasteiger charge is -2.08. The number of halogens is 1. The van der Waals surface area contributed by atoms with Crippen LogP contribution in [0.5, 0.6) is 0 Å². The molecule has 3 aromatic rings. The minimum absolute atomic E-state index is 0.0498. The van der Waals surface area contributed by atoms with Gasteiger partial charge in [0, 0.05) is 9.26 Å². The predicted octanol–water partition coefficient (Wildman–Crippen LogP) is 3.16. The van der Waals surface area contributed by atoms with Crippen molar-refractivity contribution in [3.63, 3.8) is 0 Å². The first kappa shape index (κ1) is 17.1. The fraction of sp³-hybridized carbons (Fsp3) is 0.0588. The number of nitrogen functional groups attached to an aromatic ring is 1. The first-order chi connectivity index (χ1) is 12.1. The molecule has 0 bridgehead atoms. The highest BCUT2D eigenvalue weighted by atomic mass is 127. The molecule has 0 spiro atoms. The molecule has 0 aliphatic heterocycles. The van der Waals surface area contributed by atoms with Gasteiger partial charge in [0.1, 0.15) is 0 Å². The summed E-state index contributed by atoms with van der Waals surface area (Å²) in [6, 6.07) is 16.5. The van der Waals surface area contributed by atoms with Crippen molar-refractivity contribution in [3.05, 3.63) is 69.6 Å². The van der Waals surface area contributed by atoms with Crippen LogP contribution in [-0.4, -0.2) is 20.9 Å². The number of para-hydroxylation sites is 1. The van der Waals surface area contributed by atoms with E-state index in [0.717, 1.165) is 9.26 Å². The van der Waals surface area contributed by atoms with E-state index in [-0.39, 0.29) is 18.4 Å². The number of nitrogens with one attached hydrogen (secondary N) is 1.